The molecule has 3 heterocycles. The lowest BCUT2D eigenvalue weighted by Gasteiger charge is -2.44. The minimum atomic E-state index is -0.742. The second kappa shape index (κ2) is 14.9. The zero-order valence-corrected chi connectivity index (χ0v) is 30.6. The highest BCUT2D eigenvalue weighted by atomic mass is 32.1. The number of nitrogens with zero attached hydrogens (tertiary/aromatic N) is 1. The fourth-order valence-electron chi connectivity index (χ4n) is 9.25. The van der Waals surface area contributed by atoms with Crippen LogP contribution >= 0.6 is 11.3 Å². The molecule has 5 aliphatic rings. The molecule has 1 aromatic heterocycles. The first-order chi connectivity index (χ1) is 23.0. The van der Waals surface area contributed by atoms with E-state index in [1.165, 1.54) is 4.88 Å². The molecule has 3 aliphatic carbocycles. The van der Waals surface area contributed by atoms with Gasteiger partial charge in [0.05, 0.1) is 35.4 Å². The number of Topliss-reactive ketones (excluding diaryl/α,β-unsaturated/α-hetero) is 1. The topological polar surface area (TPSA) is 123 Å². The summed E-state index contributed by atoms with van der Waals surface area (Å²) in [6, 6.07) is 0. The van der Waals surface area contributed by atoms with Gasteiger partial charge in [0, 0.05) is 55.8 Å². The lowest BCUT2D eigenvalue weighted by molar-refractivity contribution is -0.314. The Kier molecular flexibility index (Phi) is 11.2. The first-order valence-corrected chi connectivity index (χ1v) is 18.9. The highest BCUT2D eigenvalue weighted by Gasteiger charge is 2.57. The van der Waals surface area contributed by atoms with Crippen molar-refractivity contribution in [2.75, 3.05) is 21.3 Å². The predicted octanol–water partition coefficient (Wildman–Crippen LogP) is 5.67. The zero-order chi connectivity index (χ0) is 34.4. The second-order valence-corrected chi connectivity index (χ2v) is 16.0. The molecule has 0 radical (unpaired) electrons. The van der Waals surface area contributed by atoms with Gasteiger partial charge in [0.1, 0.15) is 24.4 Å². The minimum Gasteiger partial charge on any atom is -0.462 e. The van der Waals surface area contributed by atoms with Gasteiger partial charge in [0.15, 0.2) is 12.1 Å². The largest absolute Gasteiger partial charge is 0.462 e. The van der Waals surface area contributed by atoms with Crippen LogP contribution in [0, 0.1) is 23.7 Å². The number of allylic oxidation sites excluding steroid dienone is 2. The van der Waals surface area contributed by atoms with E-state index in [1.807, 2.05) is 20.8 Å². The summed E-state index contributed by atoms with van der Waals surface area (Å²) < 4.78 is 36.5. The smallest absolute Gasteiger partial charge is 0.306 e. The van der Waals surface area contributed by atoms with Crippen LogP contribution in [0.4, 0.5) is 0 Å². The van der Waals surface area contributed by atoms with Gasteiger partial charge < -0.3 is 33.5 Å². The van der Waals surface area contributed by atoms with Gasteiger partial charge in [-0.25, -0.2) is 4.98 Å². The van der Waals surface area contributed by atoms with Gasteiger partial charge in [-0.1, -0.05) is 33.8 Å². The number of carbonyl (C=O) groups is 2. The maximum Gasteiger partial charge on any atom is 0.306 e. The number of cyclic esters (lactones) is 1. The number of ether oxygens (including phenoxy) is 6. The van der Waals surface area contributed by atoms with Crippen molar-refractivity contribution < 1.29 is 43.1 Å². The van der Waals surface area contributed by atoms with E-state index in [4.69, 9.17) is 33.4 Å². The average molecular weight is 690 g/mol. The standard InChI is InChI=1S/C37H55NO9S/c1-9-20-11-10-12-27(39)18(4)31(41)25-15-23-22-13-21(47-37-34(44-8)33(43-7)32(42-6)19(5)45-37)14-26(22)35-30(38-36(48-35)17(2)3)29(23)24(25)16-28(40)46-20/h15,17-24,26-27,29,32-34,37,39H,9-14,16H2,1-8H3/t18-,19?,20+,21+,22+,23+,24-,26?,27+,29?,32?,33?,34?,37?/m1/s1. The Morgan fingerprint density at radius 1 is 1.02 bits per heavy atom. The van der Waals surface area contributed by atoms with E-state index in [-0.39, 0.29) is 84.2 Å². The van der Waals surface area contributed by atoms with Crippen LogP contribution < -0.4 is 0 Å². The molecule has 268 valence electrons. The molecule has 7 unspecified atom stereocenters. The van der Waals surface area contributed by atoms with Crippen molar-refractivity contribution in [3.05, 3.63) is 27.2 Å². The van der Waals surface area contributed by atoms with Gasteiger partial charge in [-0.05, 0) is 62.9 Å². The Balaban J connectivity index is 1.34. The van der Waals surface area contributed by atoms with Crippen molar-refractivity contribution >= 4 is 23.1 Å². The number of hydrogen-bond donors (Lipinski definition) is 1. The number of esters is 1. The zero-order valence-electron chi connectivity index (χ0n) is 29.8. The maximum atomic E-state index is 14.2. The highest BCUT2D eigenvalue weighted by molar-refractivity contribution is 7.12. The number of methoxy groups -OCH3 is 3. The van der Waals surface area contributed by atoms with Crippen LogP contribution in [0.25, 0.3) is 0 Å². The Morgan fingerprint density at radius 2 is 1.75 bits per heavy atom. The molecule has 0 spiro atoms. The minimum absolute atomic E-state index is 0.0143. The molecule has 1 aromatic rings. The Bertz CT molecular complexity index is 1350. The molecular formula is C37H55NO9S. The summed E-state index contributed by atoms with van der Waals surface area (Å²) in [5.74, 6) is -0.657. The van der Waals surface area contributed by atoms with E-state index in [0.717, 1.165) is 30.0 Å². The third kappa shape index (κ3) is 6.58. The molecule has 0 aromatic carbocycles. The number of thiazole rings is 1. The van der Waals surface area contributed by atoms with Crippen LogP contribution in [-0.2, 0) is 38.0 Å². The Morgan fingerprint density at radius 3 is 2.42 bits per heavy atom. The number of rotatable bonds is 7. The number of aliphatic hydroxyl groups excluding tert-OH is 1. The van der Waals surface area contributed by atoms with Crippen LogP contribution in [-0.4, -0.2) is 92.2 Å². The Hall–Kier alpha value is -1.73. The van der Waals surface area contributed by atoms with E-state index < -0.39 is 24.4 Å². The number of fused-ring (bicyclic) bond motifs is 8. The van der Waals surface area contributed by atoms with Crippen molar-refractivity contribution in [1.29, 1.82) is 0 Å². The van der Waals surface area contributed by atoms with Gasteiger partial charge in [-0.15, -0.1) is 11.3 Å². The summed E-state index contributed by atoms with van der Waals surface area (Å²) in [5, 5.41) is 12.2. The van der Waals surface area contributed by atoms with Crippen LogP contribution in [0.5, 0.6) is 0 Å². The van der Waals surface area contributed by atoms with E-state index in [9.17, 15) is 14.7 Å². The molecule has 6 rings (SSSR count). The van der Waals surface area contributed by atoms with Gasteiger partial charge in [-0.3, -0.25) is 9.59 Å². The molecule has 3 fully saturated rings. The van der Waals surface area contributed by atoms with Crippen molar-refractivity contribution in [1.82, 2.24) is 4.98 Å². The summed E-state index contributed by atoms with van der Waals surface area (Å²) in [6.45, 7) is 10.1. The third-order valence-electron chi connectivity index (χ3n) is 11.8. The van der Waals surface area contributed by atoms with Gasteiger partial charge in [0.2, 0.25) is 0 Å². The molecule has 1 N–H and O–H groups in total. The lowest BCUT2D eigenvalue weighted by Crippen LogP contribution is -2.59. The highest BCUT2D eigenvalue weighted by Crippen LogP contribution is 2.62. The molecule has 48 heavy (non-hydrogen) atoms. The number of carbonyl (C=O) groups excluding carboxylic acids is 2. The van der Waals surface area contributed by atoms with Crippen molar-refractivity contribution in [2.24, 2.45) is 23.7 Å². The number of ketones is 1. The van der Waals surface area contributed by atoms with Crippen LogP contribution in [0.1, 0.15) is 113 Å². The van der Waals surface area contributed by atoms with Gasteiger partial charge in [-0.2, -0.15) is 0 Å². The first kappa shape index (κ1) is 36.1. The first-order valence-electron chi connectivity index (χ1n) is 18.0. The van der Waals surface area contributed by atoms with E-state index in [2.05, 4.69) is 19.9 Å². The molecule has 2 saturated heterocycles. The number of aromatic nitrogens is 1. The van der Waals surface area contributed by atoms with Gasteiger partial charge in [0.25, 0.3) is 0 Å². The fourth-order valence-corrected chi connectivity index (χ4v) is 10.6. The lowest BCUT2D eigenvalue weighted by atomic mass is 9.67. The molecule has 1 saturated carbocycles. The SMILES string of the molecule is CC[C@H]1CCC[C@H](O)[C@@H](C)C(=O)C2=C[C@@H]3C(c4nc(C(C)C)sc4C4C[C@@H](OC5OC(C)C(OC)C(OC)C5OC)C[C@H]43)[C@@H]2CC(=O)O1. The third-order valence-corrected chi connectivity index (χ3v) is 13.3. The molecule has 10 nitrogen and oxygen atoms in total. The van der Waals surface area contributed by atoms with Crippen LogP contribution in [0.2, 0.25) is 0 Å². The molecule has 11 heteroatoms. The summed E-state index contributed by atoms with van der Waals surface area (Å²) in [4.78, 5) is 34.3. The average Bonchev–Trinajstić information content (AvgIpc) is 3.78. The summed E-state index contributed by atoms with van der Waals surface area (Å²) in [5.41, 5.74) is 1.69. The molecular weight excluding hydrogens is 634 g/mol. The van der Waals surface area contributed by atoms with E-state index in [0.29, 0.717) is 24.8 Å². The van der Waals surface area contributed by atoms with Crippen LogP contribution in [0.3, 0.4) is 0 Å². The van der Waals surface area contributed by atoms with E-state index in [1.54, 1.807) is 32.7 Å². The normalized spacial score (nSPS) is 41.8. The summed E-state index contributed by atoms with van der Waals surface area (Å²) >= 11 is 1.78. The Labute approximate surface area is 289 Å². The molecule has 2 aliphatic heterocycles. The quantitative estimate of drug-likeness (QED) is 0.359. The predicted molar refractivity (Wildman–Crippen MR) is 180 cm³/mol. The van der Waals surface area contributed by atoms with Crippen LogP contribution in [0.15, 0.2) is 11.6 Å². The van der Waals surface area contributed by atoms with Gasteiger partial charge >= 0.3 is 5.97 Å². The monoisotopic (exact) mass is 689 g/mol. The molecule has 0 amide bonds. The van der Waals surface area contributed by atoms with E-state index >= 15 is 0 Å². The number of aliphatic hydroxyl groups is 1. The molecule has 14 atom stereocenters. The summed E-state index contributed by atoms with van der Waals surface area (Å²) in [6.07, 6.45) is 3.44. The fraction of sp³-hybridized carbons (Fsp3) is 0.811. The van der Waals surface area contributed by atoms with Crippen molar-refractivity contribution in [3.63, 3.8) is 0 Å². The molecule has 0 bridgehead atoms. The number of hydrogen-bond acceptors (Lipinski definition) is 11. The second-order valence-electron chi connectivity index (χ2n) is 15.0. The summed E-state index contributed by atoms with van der Waals surface area (Å²) in [7, 11) is 4.95. The van der Waals surface area contributed by atoms with Crippen molar-refractivity contribution in [2.45, 2.75) is 146 Å². The maximum absolute atomic E-state index is 14.2. The van der Waals surface area contributed by atoms with Crippen molar-refractivity contribution in [3.8, 4) is 0 Å².